The number of pyridine rings is 1. The number of aliphatic hydroxyl groups is 1. The van der Waals surface area contributed by atoms with Gasteiger partial charge in [-0.25, -0.2) is 4.98 Å². The summed E-state index contributed by atoms with van der Waals surface area (Å²) in [6.07, 6.45) is 3.00. The molecule has 0 aliphatic carbocycles. The lowest BCUT2D eigenvalue weighted by atomic mass is 9.72. The van der Waals surface area contributed by atoms with Gasteiger partial charge in [-0.2, -0.15) is 0 Å². The van der Waals surface area contributed by atoms with Crippen LogP contribution < -0.4 is 4.74 Å². The molecule has 0 radical (unpaired) electrons. The van der Waals surface area contributed by atoms with Gasteiger partial charge in [-0.3, -0.25) is 4.90 Å². The smallest absolute Gasteiger partial charge is 0.119 e. The molecule has 3 fully saturated rings. The number of aliphatic hydroxyl groups excluding tert-OH is 1. The van der Waals surface area contributed by atoms with Crippen molar-refractivity contribution >= 4 is 21.7 Å². The lowest BCUT2D eigenvalue weighted by molar-refractivity contribution is -0.0562. The normalized spacial score (nSPS) is 25.0. The van der Waals surface area contributed by atoms with E-state index in [9.17, 15) is 5.11 Å². The predicted molar refractivity (Wildman–Crippen MR) is 138 cm³/mol. The molecule has 0 saturated carbocycles. The van der Waals surface area contributed by atoms with Gasteiger partial charge in [-0.1, -0.05) is 49.7 Å². The largest absolute Gasteiger partial charge is 0.497 e. The van der Waals surface area contributed by atoms with E-state index in [1.165, 1.54) is 23.6 Å². The van der Waals surface area contributed by atoms with Gasteiger partial charge in [0.15, 0.2) is 0 Å². The number of benzene rings is 3. The van der Waals surface area contributed by atoms with E-state index in [1.54, 1.807) is 7.11 Å². The molecular weight excluding hydrogens is 420 g/mol. The summed E-state index contributed by atoms with van der Waals surface area (Å²) in [6, 6.07) is 23.1. The highest BCUT2D eigenvalue weighted by Crippen LogP contribution is 2.43. The zero-order valence-corrected chi connectivity index (χ0v) is 19.9. The van der Waals surface area contributed by atoms with E-state index >= 15 is 0 Å². The molecule has 3 aliphatic heterocycles. The van der Waals surface area contributed by atoms with Crippen molar-refractivity contribution in [3.05, 3.63) is 72.3 Å². The minimum atomic E-state index is -0.558. The first-order valence-corrected chi connectivity index (χ1v) is 12.5. The first-order chi connectivity index (χ1) is 16.6. The van der Waals surface area contributed by atoms with Crippen LogP contribution in [0.25, 0.3) is 32.9 Å². The number of hydrogen-bond donors (Lipinski definition) is 1. The summed E-state index contributed by atoms with van der Waals surface area (Å²) >= 11 is 0. The quantitative estimate of drug-likeness (QED) is 0.391. The number of hydrogen-bond acceptors (Lipinski definition) is 4. The van der Waals surface area contributed by atoms with Crippen LogP contribution in [-0.2, 0) is 0 Å². The monoisotopic (exact) mass is 452 g/mol. The van der Waals surface area contributed by atoms with Gasteiger partial charge in [0.2, 0.25) is 0 Å². The van der Waals surface area contributed by atoms with Crippen LogP contribution in [0.1, 0.15) is 37.9 Å². The molecular formula is C30H32N2O2. The van der Waals surface area contributed by atoms with Crippen LogP contribution in [0.15, 0.2) is 66.7 Å². The molecule has 4 aromatic rings. The molecule has 34 heavy (non-hydrogen) atoms. The van der Waals surface area contributed by atoms with Gasteiger partial charge in [0.25, 0.3) is 0 Å². The second-order valence-corrected chi connectivity index (χ2v) is 10.0. The molecule has 0 spiro atoms. The summed E-state index contributed by atoms with van der Waals surface area (Å²) in [4.78, 5) is 7.54. The van der Waals surface area contributed by atoms with Gasteiger partial charge in [-0.15, -0.1) is 0 Å². The predicted octanol–water partition coefficient (Wildman–Crippen LogP) is 6.22. The van der Waals surface area contributed by atoms with Crippen molar-refractivity contribution in [1.29, 1.82) is 0 Å². The fourth-order valence-electron chi connectivity index (χ4n) is 6.28. The highest BCUT2D eigenvalue weighted by Gasteiger charge is 2.42. The molecule has 2 unspecified atom stereocenters. The molecule has 3 aromatic carbocycles. The number of piperidine rings is 3. The van der Waals surface area contributed by atoms with E-state index in [1.807, 2.05) is 18.2 Å². The molecule has 4 heteroatoms. The van der Waals surface area contributed by atoms with Crippen LogP contribution in [0, 0.1) is 11.8 Å². The van der Waals surface area contributed by atoms with Crippen molar-refractivity contribution in [3.8, 4) is 17.0 Å². The standard InChI is InChI=1S/C30H32N2O2/c1-3-19-18-32-13-12-22(19)15-29(32)30(33)26-17-28(31-27-11-10-24(34-2)16-25(26)27)23-9-8-20-6-4-5-7-21(20)14-23/h4-11,14,16-17,19,22,29-30,33H,3,12-13,15,18H2,1-2H3/t19-,22-,29?,30+/m0/s1. The van der Waals surface area contributed by atoms with Crippen LogP contribution in [0.5, 0.6) is 5.75 Å². The molecule has 3 aliphatic rings. The number of aromatic nitrogens is 1. The molecule has 174 valence electrons. The minimum absolute atomic E-state index is 0.155. The molecule has 7 rings (SSSR count). The number of nitrogens with zero attached hydrogens (tertiary/aromatic N) is 2. The highest BCUT2D eigenvalue weighted by molar-refractivity contribution is 5.90. The molecule has 5 atom stereocenters. The van der Waals surface area contributed by atoms with E-state index in [0.29, 0.717) is 0 Å². The maximum atomic E-state index is 11.8. The lowest BCUT2D eigenvalue weighted by Crippen LogP contribution is -2.55. The number of methoxy groups -OCH3 is 1. The molecule has 1 N–H and O–H groups in total. The van der Waals surface area contributed by atoms with E-state index in [-0.39, 0.29) is 6.04 Å². The summed E-state index contributed by atoms with van der Waals surface area (Å²) in [6.45, 7) is 4.50. The Bertz CT molecular complexity index is 1350. The van der Waals surface area contributed by atoms with Crippen LogP contribution in [0.2, 0.25) is 0 Å². The maximum absolute atomic E-state index is 11.8. The van der Waals surface area contributed by atoms with Gasteiger partial charge in [0.05, 0.1) is 24.4 Å². The van der Waals surface area contributed by atoms with Crippen molar-refractivity contribution in [1.82, 2.24) is 9.88 Å². The van der Waals surface area contributed by atoms with Gasteiger partial charge in [0, 0.05) is 23.5 Å². The third kappa shape index (κ3) is 3.66. The number of rotatable bonds is 5. The number of ether oxygens (including phenoxy) is 1. The average Bonchev–Trinajstić information content (AvgIpc) is 2.91. The van der Waals surface area contributed by atoms with Crippen molar-refractivity contribution in [2.75, 3.05) is 20.2 Å². The molecule has 1 aromatic heterocycles. The first-order valence-electron chi connectivity index (χ1n) is 12.5. The maximum Gasteiger partial charge on any atom is 0.119 e. The van der Waals surface area contributed by atoms with E-state index in [2.05, 4.69) is 60.4 Å². The fourth-order valence-corrected chi connectivity index (χ4v) is 6.28. The third-order valence-corrected chi connectivity index (χ3v) is 8.24. The topological polar surface area (TPSA) is 45.6 Å². The first kappa shape index (κ1) is 21.6. The summed E-state index contributed by atoms with van der Waals surface area (Å²) in [5.74, 6) is 2.27. The molecule has 3 saturated heterocycles. The zero-order valence-electron chi connectivity index (χ0n) is 19.9. The second kappa shape index (κ2) is 8.68. The molecule has 4 heterocycles. The van der Waals surface area contributed by atoms with E-state index in [0.717, 1.165) is 64.8 Å². The highest BCUT2D eigenvalue weighted by atomic mass is 16.5. The lowest BCUT2D eigenvalue weighted by Gasteiger charge is -2.51. The average molecular weight is 453 g/mol. The van der Waals surface area contributed by atoms with Gasteiger partial charge in [0.1, 0.15) is 5.75 Å². The van der Waals surface area contributed by atoms with Crippen molar-refractivity contribution < 1.29 is 9.84 Å². The fraction of sp³-hybridized carbons (Fsp3) is 0.367. The van der Waals surface area contributed by atoms with Crippen molar-refractivity contribution in [3.63, 3.8) is 0 Å². The Morgan fingerprint density at radius 3 is 2.68 bits per heavy atom. The van der Waals surface area contributed by atoms with Crippen LogP contribution in [0.3, 0.4) is 0 Å². The van der Waals surface area contributed by atoms with E-state index < -0.39 is 6.10 Å². The van der Waals surface area contributed by atoms with Crippen molar-refractivity contribution in [2.24, 2.45) is 11.8 Å². The Balaban J connectivity index is 1.46. The molecule has 0 amide bonds. The summed E-state index contributed by atoms with van der Waals surface area (Å²) in [7, 11) is 1.69. The summed E-state index contributed by atoms with van der Waals surface area (Å²) < 4.78 is 5.52. The van der Waals surface area contributed by atoms with Gasteiger partial charge in [-0.05, 0) is 77.9 Å². The second-order valence-electron chi connectivity index (χ2n) is 10.0. The third-order valence-electron chi connectivity index (χ3n) is 8.24. The Morgan fingerprint density at radius 1 is 1.06 bits per heavy atom. The van der Waals surface area contributed by atoms with Crippen LogP contribution in [-0.4, -0.2) is 41.2 Å². The molecule has 2 bridgehead atoms. The minimum Gasteiger partial charge on any atom is -0.497 e. The van der Waals surface area contributed by atoms with Crippen LogP contribution >= 0.6 is 0 Å². The van der Waals surface area contributed by atoms with E-state index in [4.69, 9.17) is 9.72 Å². The number of fused-ring (bicyclic) bond motifs is 5. The Morgan fingerprint density at radius 2 is 1.91 bits per heavy atom. The Kier molecular flexibility index (Phi) is 5.51. The zero-order chi connectivity index (χ0) is 23.2. The van der Waals surface area contributed by atoms with Gasteiger partial charge >= 0.3 is 0 Å². The summed E-state index contributed by atoms with van der Waals surface area (Å²) in [5, 5.41) is 15.2. The Labute approximate surface area is 201 Å². The Hall–Kier alpha value is -2.95. The van der Waals surface area contributed by atoms with Crippen LogP contribution in [0.4, 0.5) is 0 Å². The summed E-state index contributed by atoms with van der Waals surface area (Å²) in [5.41, 5.74) is 3.82. The molecule has 4 nitrogen and oxygen atoms in total. The SMILES string of the molecule is CC[C@H]1CN2CC[C@H]1CC2[C@H](O)c1cc(-c2ccc3ccccc3c2)nc2ccc(OC)cc12. The van der Waals surface area contributed by atoms with Gasteiger partial charge < -0.3 is 9.84 Å². The van der Waals surface area contributed by atoms with Crippen molar-refractivity contribution in [2.45, 2.75) is 38.3 Å².